The summed E-state index contributed by atoms with van der Waals surface area (Å²) >= 11 is 5.38. The highest BCUT2D eigenvalue weighted by Gasteiger charge is 2.22. The maximum atomic E-state index is 12.4. The van der Waals surface area contributed by atoms with Crippen LogP contribution in [0.2, 0.25) is 0 Å². The topological polar surface area (TPSA) is 180 Å². The fraction of sp³-hybridized carbons (Fsp3) is 0.200. The molecule has 0 saturated heterocycles. The molecule has 48 heavy (non-hydrogen) atoms. The minimum Gasteiger partial charge on any atom is -0.508 e. The van der Waals surface area contributed by atoms with E-state index in [-0.39, 0.29) is 58.0 Å². The van der Waals surface area contributed by atoms with Crippen molar-refractivity contribution >= 4 is 45.9 Å². The molecule has 2 aliphatic rings. The molecule has 5 rings (SSSR count). The summed E-state index contributed by atoms with van der Waals surface area (Å²) in [4.78, 5) is 36.7. The van der Waals surface area contributed by atoms with E-state index >= 15 is 0 Å². The number of ether oxygens (including phenoxy) is 2. The molecule has 13 heteroatoms. The Kier molecular flexibility index (Phi) is 10.9. The van der Waals surface area contributed by atoms with Crippen LogP contribution in [0.15, 0.2) is 82.0 Å². The highest BCUT2D eigenvalue weighted by atomic mass is 32.1. The van der Waals surface area contributed by atoms with E-state index in [4.69, 9.17) is 26.1 Å². The molecule has 6 N–H and O–H groups in total. The molecule has 1 heterocycles. The van der Waals surface area contributed by atoms with Gasteiger partial charge in [0.1, 0.15) is 22.8 Å². The van der Waals surface area contributed by atoms with Crippen LogP contribution in [0.1, 0.15) is 26.3 Å². The Morgan fingerprint density at radius 1 is 0.812 bits per heavy atom. The molecule has 1 aliphatic carbocycles. The van der Waals surface area contributed by atoms with Crippen LogP contribution in [0.4, 0.5) is 5.69 Å². The first-order valence-electron chi connectivity index (χ1n) is 15.0. The number of nitrogens with one attached hydrogen (secondary N) is 3. The first-order valence-corrected chi connectivity index (χ1v) is 15.4. The zero-order valence-corrected chi connectivity index (χ0v) is 26.7. The molecule has 0 spiro atoms. The Hall–Kier alpha value is -5.50. The van der Waals surface area contributed by atoms with Crippen molar-refractivity contribution < 1.29 is 38.8 Å². The van der Waals surface area contributed by atoms with Crippen molar-refractivity contribution in [1.29, 1.82) is 0 Å². The molecule has 0 saturated carbocycles. The van der Waals surface area contributed by atoms with E-state index in [9.17, 15) is 29.7 Å². The molecular weight excluding hydrogens is 638 g/mol. The van der Waals surface area contributed by atoms with Gasteiger partial charge in [-0.3, -0.25) is 9.59 Å². The fourth-order valence-corrected chi connectivity index (χ4v) is 5.28. The molecule has 0 atom stereocenters. The number of anilines is 1. The Balaban J connectivity index is 1.10. The number of carboxylic acids is 1. The second-order valence-electron chi connectivity index (χ2n) is 10.8. The normalized spacial score (nSPS) is 11.0. The van der Waals surface area contributed by atoms with Gasteiger partial charge in [0, 0.05) is 47.4 Å². The van der Waals surface area contributed by atoms with Crippen molar-refractivity contribution in [2.75, 3.05) is 44.8 Å². The van der Waals surface area contributed by atoms with Gasteiger partial charge in [0.15, 0.2) is 10.5 Å². The first-order chi connectivity index (χ1) is 23.1. The number of hydrogen-bond acceptors (Lipinski definition) is 9. The Labute approximate surface area is 280 Å². The Morgan fingerprint density at radius 3 is 2.29 bits per heavy atom. The summed E-state index contributed by atoms with van der Waals surface area (Å²) in [6.07, 6.45) is 0. The lowest BCUT2D eigenvalue weighted by Gasteiger charge is -2.18. The van der Waals surface area contributed by atoms with Gasteiger partial charge in [-0.1, -0.05) is 17.7 Å². The fourth-order valence-electron chi connectivity index (χ4n) is 5.06. The number of phenols is 2. The van der Waals surface area contributed by atoms with Crippen LogP contribution in [0.25, 0.3) is 33.4 Å². The van der Waals surface area contributed by atoms with Crippen molar-refractivity contribution in [1.82, 2.24) is 10.6 Å². The lowest BCUT2D eigenvalue weighted by molar-refractivity contribution is 0.0502. The average molecular weight is 672 g/mol. The molecule has 0 bridgehead atoms. The Morgan fingerprint density at radius 2 is 1.54 bits per heavy atom. The summed E-state index contributed by atoms with van der Waals surface area (Å²) in [5.41, 5.74) is 3.03. The number of fused-ring (bicyclic) bond motifs is 2. The summed E-state index contributed by atoms with van der Waals surface area (Å²) in [6, 6.07) is 18.5. The standard InChI is InChI=1S/C35H33N3O9S/c1-20-2-9-29(41)28(16-20)33(42)36-10-12-45-14-15-46-13-11-37-35(48)38-21-3-6-24(27(17-21)34(43)44)32-25-7-4-22(39)18-30(25)47-31-19-23(40)5-8-26(31)32/h2-9,16-19,39,41H,10-15H2,1H3,(H,36,42)(H,43,44)(H2,37,38,48). The number of hydrogen-bond donors (Lipinski definition) is 6. The van der Waals surface area contributed by atoms with Crippen LogP contribution in [-0.2, 0) is 9.47 Å². The second kappa shape index (κ2) is 15.4. The highest BCUT2D eigenvalue weighted by molar-refractivity contribution is 7.80. The zero-order chi connectivity index (χ0) is 34.2. The van der Waals surface area contributed by atoms with Crippen molar-refractivity contribution in [3.63, 3.8) is 0 Å². The van der Waals surface area contributed by atoms with Crippen LogP contribution in [0.3, 0.4) is 0 Å². The van der Waals surface area contributed by atoms with Crippen LogP contribution in [0, 0.1) is 6.92 Å². The maximum Gasteiger partial charge on any atom is 0.336 e. The number of aromatic hydroxyl groups is 2. The number of aryl methyl sites for hydroxylation is 1. The third-order valence-corrected chi connectivity index (χ3v) is 7.53. The van der Waals surface area contributed by atoms with Crippen molar-refractivity contribution in [2.24, 2.45) is 0 Å². The monoisotopic (exact) mass is 671 g/mol. The number of amides is 1. The number of aromatic carboxylic acids is 1. The maximum absolute atomic E-state index is 12.4. The van der Waals surface area contributed by atoms with E-state index in [0.717, 1.165) is 5.56 Å². The minimum atomic E-state index is -1.17. The lowest BCUT2D eigenvalue weighted by Crippen LogP contribution is -2.31. The highest BCUT2D eigenvalue weighted by Crippen LogP contribution is 2.42. The van der Waals surface area contributed by atoms with Gasteiger partial charge in [0.2, 0.25) is 0 Å². The summed E-state index contributed by atoms with van der Waals surface area (Å²) in [5.74, 6) is -1.40. The molecule has 1 aliphatic heterocycles. The third kappa shape index (κ3) is 8.25. The molecule has 248 valence electrons. The molecule has 3 aromatic rings. The molecule has 1 amide bonds. The number of carboxylic acid groups (broad SMARTS) is 1. The predicted octanol–water partition coefficient (Wildman–Crippen LogP) is 4.73. The van der Waals surface area contributed by atoms with E-state index in [2.05, 4.69) is 16.0 Å². The smallest absolute Gasteiger partial charge is 0.336 e. The van der Waals surface area contributed by atoms with Gasteiger partial charge in [0.05, 0.1) is 37.6 Å². The first kappa shape index (κ1) is 33.9. The van der Waals surface area contributed by atoms with Crippen LogP contribution >= 0.6 is 12.2 Å². The largest absolute Gasteiger partial charge is 0.508 e. The molecule has 0 radical (unpaired) electrons. The predicted molar refractivity (Wildman–Crippen MR) is 184 cm³/mol. The summed E-state index contributed by atoms with van der Waals surface area (Å²) in [6.45, 7) is 3.74. The minimum absolute atomic E-state index is 0.00733. The molecule has 0 aromatic heterocycles. The third-order valence-electron chi connectivity index (χ3n) is 7.29. The number of rotatable bonds is 13. The van der Waals surface area contributed by atoms with Crippen molar-refractivity contribution in [3.8, 4) is 33.9 Å². The summed E-state index contributed by atoms with van der Waals surface area (Å²) < 4.78 is 16.9. The van der Waals surface area contributed by atoms with Crippen molar-refractivity contribution in [2.45, 2.75) is 6.92 Å². The van der Waals surface area contributed by atoms with E-state index in [0.29, 0.717) is 59.7 Å². The number of phenolic OH excluding ortho intramolecular Hbond substituents is 2. The summed E-state index contributed by atoms with van der Waals surface area (Å²) in [5, 5.41) is 39.5. The molecule has 12 nitrogen and oxygen atoms in total. The number of carbonyl (C=O) groups is 2. The second-order valence-corrected chi connectivity index (χ2v) is 11.2. The molecule has 3 aromatic carbocycles. The van der Waals surface area contributed by atoms with Gasteiger partial charge in [-0.25, -0.2) is 4.79 Å². The zero-order valence-electron chi connectivity index (χ0n) is 25.9. The van der Waals surface area contributed by atoms with Crippen molar-refractivity contribution in [3.05, 3.63) is 99.7 Å². The quantitative estimate of drug-likeness (QED) is 0.0577. The molecule has 0 fully saturated rings. The van der Waals surface area contributed by atoms with E-state index in [1.54, 1.807) is 36.4 Å². The summed E-state index contributed by atoms with van der Waals surface area (Å²) in [7, 11) is 0. The lowest BCUT2D eigenvalue weighted by atomic mass is 9.90. The van der Waals surface area contributed by atoms with Gasteiger partial charge in [-0.05, 0) is 73.2 Å². The SMILES string of the molecule is Cc1ccc(O)c(C(=O)NCCOCCOCCNC(=S)Nc2ccc(-c3c4ccc(=O)cc-4oc4cc(O)ccc34)c(C(=O)O)c2)c1. The van der Waals surface area contributed by atoms with Gasteiger partial charge in [-0.15, -0.1) is 0 Å². The van der Waals surface area contributed by atoms with Gasteiger partial charge in [-0.2, -0.15) is 0 Å². The average Bonchev–Trinajstić information content (AvgIpc) is 3.05. The van der Waals surface area contributed by atoms with Crippen LogP contribution in [-0.4, -0.2) is 71.8 Å². The van der Waals surface area contributed by atoms with Crippen LogP contribution < -0.4 is 21.4 Å². The van der Waals surface area contributed by atoms with Gasteiger partial charge < -0.3 is 45.2 Å². The van der Waals surface area contributed by atoms with Gasteiger partial charge >= 0.3 is 5.97 Å². The molecule has 0 unspecified atom stereocenters. The number of benzene rings is 4. The van der Waals surface area contributed by atoms with E-state index < -0.39 is 5.97 Å². The molecular formula is C35H33N3O9S. The van der Waals surface area contributed by atoms with Crippen LogP contribution in [0.5, 0.6) is 11.5 Å². The Bertz CT molecular complexity index is 2010. The number of carbonyl (C=O) groups excluding carboxylic acids is 1. The van der Waals surface area contributed by atoms with E-state index in [1.165, 1.54) is 36.4 Å². The number of thiocarbonyl (C=S) groups is 1. The van der Waals surface area contributed by atoms with E-state index in [1.807, 2.05) is 6.92 Å². The van der Waals surface area contributed by atoms with Gasteiger partial charge in [0.25, 0.3) is 5.91 Å².